The van der Waals surface area contributed by atoms with E-state index in [4.69, 9.17) is 0 Å². The van der Waals surface area contributed by atoms with Gasteiger partial charge in [0.05, 0.1) is 0 Å². The average molecular weight is 218 g/mol. The van der Waals surface area contributed by atoms with Crippen molar-refractivity contribution in [1.82, 2.24) is 10.2 Å². The van der Waals surface area contributed by atoms with Gasteiger partial charge in [0.15, 0.2) is 0 Å². The average Bonchev–Trinajstić information content (AvgIpc) is 2.57. The number of likely N-dealkylation sites (N-methyl/N-ethyl adjacent to an activating group) is 1. The van der Waals surface area contributed by atoms with Gasteiger partial charge in [-0.25, -0.2) is 0 Å². The number of aryl methyl sites for hydroxylation is 1. The first-order valence-electron chi connectivity index (χ1n) is 6.15. The molecule has 1 aromatic rings. The summed E-state index contributed by atoms with van der Waals surface area (Å²) in [6.45, 7) is 6.65. The molecule has 1 aromatic carbocycles. The van der Waals surface area contributed by atoms with Gasteiger partial charge in [-0.3, -0.25) is 0 Å². The third-order valence-electron chi connectivity index (χ3n) is 3.73. The summed E-state index contributed by atoms with van der Waals surface area (Å²) in [7, 11) is 2.21. The van der Waals surface area contributed by atoms with E-state index in [1.165, 1.54) is 24.1 Å². The fourth-order valence-electron chi connectivity index (χ4n) is 2.40. The molecule has 2 atom stereocenters. The zero-order valence-electron chi connectivity index (χ0n) is 10.5. The molecular weight excluding hydrogens is 196 g/mol. The second-order valence-electron chi connectivity index (χ2n) is 5.03. The Morgan fingerprint density at radius 3 is 2.75 bits per heavy atom. The van der Waals surface area contributed by atoms with Crippen LogP contribution in [-0.2, 0) is 6.54 Å². The largest absolute Gasteiger partial charge is 0.309 e. The van der Waals surface area contributed by atoms with Crippen molar-refractivity contribution >= 4 is 0 Å². The van der Waals surface area contributed by atoms with E-state index in [9.17, 15) is 0 Å². The van der Waals surface area contributed by atoms with Gasteiger partial charge in [-0.2, -0.15) is 0 Å². The van der Waals surface area contributed by atoms with Crippen molar-refractivity contribution in [2.45, 2.75) is 38.9 Å². The maximum absolute atomic E-state index is 3.66. The highest BCUT2D eigenvalue weighted by atomic mass is 15.2. The third kappa shape index (κ3) is 2.63. The smallest absolute Gasteiger partial charge is 0.0212 e. The quantitative estimate of drug-likeness (QED) is 0.836. The van der Waals surface area contributed by atoms with Gasteiger partial charge in [-0.15, -0.1) is 0 Å². The molecule has 88 valence electrons. The van der Waals surface area contributed by atoms with Gasteiger partial charge in [0.2, 0.25) is 0 Å². The normalized spacial score (nSPS) is 26.2. The molecule has 1 aliphatic heterocycles. The maximum Gasteiger partial charge on any atom is 0.0212 e. The summed E-state index contributed by atoms with van der Waals surface area (Å²) >= 11 is 0. The summed E-state index contributed by atoms with van der Waals surface area (Å²) in [6.07, 6.45) is 1.27. The highest BCUT2D eigenvalue weighted by molar-refractivity contribution is 5.25. The number of rotatable bonds is 3. The summed E-state index contributed by atoms with van der Waals surface area (Å²) in [4.78, 5) is 2.43. The minimum atomic E-state index is 0.652. The van der Waals surface area contributed by atoms with Gasteiger partial charge in [-0.1, -0.05) is 24.3 Å². The molecule has 0 amide bonds. The Kier molecular flexibility index (Phi) is 3.62. The van der Waals surface area contributed by atoms with Crippen molar-refractivity contribution in [2.24, 2.45) is 0 Å². The molecule has 16 heavy (non-hydrogen) atoms. The Bertz CT molecular complexity index is 338. The van der Waals surface area contributed by atoms with E-state index in [0.29, 0.717) is 6.04 Å². The van der Waals surface area contributed by atoms with Crippen LogP contribution >= 0.6 is 0 Å². The first-order valence-corrected chi connectivity index (χ1v) is 6.15. The fraction of sp³-hybridized carbons (Fsp3) is 0.571. The van der Waals surface area contributed by atoms with Crippen molar-refractivity contribution < 1.29 is 0 Å². The Hall–Kier alpha value is -0.860. The number of hydrogen-bond donors (Lipinski definition) is 1. The Balaban J connectivity index is 1.87. The molecule has 1 fully saturated rings. The van der Waals surface area contributed by atoms with E-state index in [1.807, 2.05) is 0 Å². The Morgan fingerprint density at radius 2 is 2.12 bits per heavy atom. The monoisotopic (exact) mass is 218 g/mol. The van der Waals surface area contributed by atoms with E-state index < -0.39 is 0 Å². The fourth-order valence-corrected chi connectivity index (χ4v) is 2.40. The Labute approximate surface area is 98.7 Å². The van der Waals surface area contributed by atoms with Gasteiger partial charge < -0.3 is 10.2 Å². The molecule has 1 N–H and O–H groups in total. The lowest BCUT2D eigenvalue weighted by molar-refractivity contribution is 0.326. The van der Waals surface area contributed by atoms with E-state index in [1.54, 1.807) is 0 Å². The van der Waals surface area contributed by atoms with Crippen LogP contribution in [0.2, 0.25) is 0 Å². The van der Waals surface area contributed by atoms with Gasteiger partial charge in [0.25, 0.3) is 0 Å². The number of nitrogens with zero attached hydrogens (tertiary/aromatic N) is 1. The Morgan fingerprint density at radius 1 is 1.38 bits per heavy atom. The van der Waals surface area contributed by atoms with Crippen LogP contribution in [0.5, 0.6) is 0 Å². The summed E-state index contributed by atoms with van der Waals surface area (Å²) in [5.41, 5.74) is 2.80. The van der Waals surface area contributed by atoms with Crippen LogP contribution in [0.25, 0.3) is 0 Å². The van der Waals surface area contributed by atoms with Crippen molar-refractivity contribution in [3.05, 3.63) is 35.4 Å². The summed E-state index contributed by atoms with van der Waals surface area (Å²) in [5, 5.41) is 3.66. The van der Waals surface area contributed by atoms with Crippen LogP contribution in [0.1, 0.15) is 24.5 Å². The predicted octanol–water partition coefficient (Wildman–Crippen LogP) is 2.18. The number of likely N-dealkylation sites (tertiary alicyclic amines) is 1. The summed E-state index contributed by atoms with van der Waals surface area (Å²) in [5.74, 6) is 0. The van der Waals surface area contributed by atoms with Crippen LogP contribution in [-0.4, -0.2) is 30.6 Å². The molecule has 1 heterocycles. The van der Waals surface area contributed by atoms with E-state index >= 15 is 0 Å². The first kappa shape index (κ1) is 11.6. The highest BCUT2D eigenvalue weighted by Crippen LogP contribution is 2.15. The SMILES string of the molecule is Cc1ccccc1CNC1CC(C)N(C)C1. The molecule has 2 heteroatoms. The second kappa shape index (κ2) is 4.98. The number of nitrogens with one attached hydrogen (secondary N) is 1. The lowest BCUT2D eigenvalue weighted by atomic mass is 10.1. The van der Waals surface area contributed by atoms with Gasteiger partial charge in [0.1, 0.15) is 0 Å². The minimum absolute atomic E-state index is 0.652. The predicted molar refractivity (Wildman–Crippen MR) is 68.5 cm³/mol. The summed E-state index contributed by atoms with van der Waals surface area (Å²) < 4.78 is 0. The molecule has 1 aliphatic rings. The molecule has 0 bridgehead atoms. The second-order valence-corrected chi connectivity index (χ2v) is 5.03. The van der Waals surface area contributed by atoms with E-state index in [0.717, 1.165) is 12.6 Å². The zero-order valence-corrected chi connectivity index (χ0v) is 10.5. The minimum Gasteiger partial charge on any atom is -0.309 e. The molecule has 1 saturated heterocycles. The van der Waals surface area contributed by atoms with Crippen LogP contribution in [0.4, 0.5) is 0 Å². The molecule has 0 saturated carbocycles. The van der Waals surface area contributed by atoms with Crippen molar-refractivity contribution in [3.63, 3.8) is 0 Å². The standard InChI is InChI=1S/C14H22N2/c1-11-6-4-5-7-13(11)9-15-14-8-12(2)16(3)10-14/h4-7,12,14-15H,8-10H2,1-3H3. The van der Waals surface area contributed by atoms with Crippen molar-refractivity contribution in [3.8, 4) is 0 Å². The first-order chi connectivity index (χ1) is 7.66. The molecule has 0 aromatic heterocycles. The van der Waals surface area contributed by atoms with E-state index in [-0.39, 0.29) is 0 Å². The molecular formula is C14H22N2. The lowest BCUT2D eigenvalue weighted by Gasteiger charge is -2.14. The molecule has 2 nitrogen and oxygen atoms in total. The van der Waals surface area contributed by atoms with Gasteiger partial charge in [-0.05, 0) is 38.4 Å². The molecule has 0 radical (unpaired) electrons. The van der Waals surface area contributed by atoms with Gasteiger partial charge in [0, 0.05) is 25.2 Å². The highest BCUT2D eigenvalue weighted by Gasteiger charge is 2.25. The summed E-state index contributed by atoms with van der Waals surface area (Å²) in [6, 6.07) is 9.98. The maximum atomic E-state index is 3.66. The van der Waals surface area contributed by atoms with Crippen molar-refractivity contribution in [2.75, 3.05) is 13.6 Å². The number of hydrogen-bond acceptors (Lipinski definition) is 2. The van der Waals surface area contributed by atoms with Crippen LogP contribution < -0.4 is 5.32 Å². The lowest BCUT2D eigenvalue weighted by Crippen LogP contribution is -2.31. The third-order valence-corrected chi connectivity index (χ3v) is 3.73. The van der Waals surface area contributed by atoms with E-state index in [2.05, 4.69) is 55.4 Å². The van der Waals surface area contributed by atoms with Crippen LogP contribution in [0.15, 0.2) is 24.3 Å². The number of benzene rings is 1. The van der Waals surface area contributed by atoms with Crippen LogP contribution in [0, 0.1) is 6.92 Å². The topological polar surface area (TPSA) is 15.3 Å². The molecule has 2 rings (SSSR count). The molecule has 2 unspecified atom stereocenters. The molecule has 0 spiro atoms. The zero-order chi connectivity index (χ0) is 11.5. The van der Waals surface area contributed by atoms with Crippen molar-refractivity contribution in [1.29, 1.82) is 0 Å². The molecule has 0 aliphatic carbocycles. The van der Waals surface area contributed by atoms with Crippen LogP contribution in [0.3, 0.4) is 0 Å². The van der Waals surface area contributed by atoms with Gasteiger partial charge >= 0.3 is 0 Å².